The van der Waals surface area contributed by atoms with Gasteiger partial charge in [0.2, 0.25) is 11.8 Å². The molecule has 0 N–H and O–H groups in total. The van der Waals surface area contributed by atoms with E-state index < -0.39 is 0 Å². The van der Waals surface area contributed by atoms with Crippen LogP contribution in [0.2, 0.25) is 0 Å². The highest BCUT2D eigenvalue weighted by Gasteiger charge is 2.39. The van der Waals surface area contributed by atoms with Gasteiger partial charge in [-0.2, -0.15) is 5.10 Å². The number of nitrogens with zero attached hydrogens (tertiary/aromatic N) is 5. The number of amides is 2. The molecule has 1 saturated carbocycles. The number of hydrogen-bond acceptors (Lipinski definition) is 5. The number of carbonyl (C=O) groups is 2. The SMILES string of the molecule is COc1cccc(N2C[C@@H](C(=O)N3CCC(c4nn(C)c(=O)n4C4CC4)CC3)CC2=O)c1. The summed E-state index contributed by atoms with van der Waals surface area (Å²) in [6.07, 6.45) is 3.88. The van der Waals surface area contributed by atoms with Crippen LogP contribution in [0.5, 0.6) is 5.75 Å². The van der Waals surface area contributed by atoms with Crippen LogP contribution >= 0.6 is 0 Å². The van der Waals surface area contributed by atoms with Gasteiger partial charge in [-0.3, -0.25) is 14.2 Å². The summed E-state index contributed by atoms with van der Waals surface area (Å²) in [5.74, 6) is 1.42. The first-order chi connectivity index (χ1) is 15.5. The number of methoxy groups -OCH3 is 1. The van der Waals surface area contributed by atoms with Crippen LogP contribution in [0, 0.1) is 5.92 Å². The fraction of sp³-hybridized carbons (Fsp3) is 0.565. The van der Waals surface area contributed by atoms with Crippen molar-refractivity contribution in [3.63, 3.8) is 0 Å². The third-order valence-corrected chi connectivity index (χ3v) is 6.91. The lowest BCUT2D eigenvalue weighted by atomic mass is 9.94. The molecule has 1 atom stereocenters. The number of anilines is 1. The van der Waals surface area contributed by atoms with Crippen molar-refractivity contribution in [2.45, 2.75) is 44.1 Å². The maximum absolute atomic E-state index is 13.2. The van der Waals surface area contributed by atoms with Gasteiger partial charge in [0.25, 0.3) is 0 Å². The van der Waals surface area contributed by atoms with Gasteiger partial charge in [-0.05, 0) is 37.8 Å². The summed E-state index contributed by atoms with van der Waals surface area (Å²) in [4.78, 5) is 41.8. The van der Waals surface area contributed by atoms with Crippen LogP contribution in [0.25, 0.3) is 0 Å². The molecule has 0 spiro atoms. The first-order valence-corrected chi connectivity index (χ1v) is 11.3. The van der Waals surface area contributed by atoms with E-state index >= 15 is 0 Å². The Morgan fingerprint density at radius 3 is 2.56 bits per heavy atom. The topological polar surface area (TPSA) is 89.7 Å². The molecule has 2 aliphatic heterocycles. The van der Waals surface area contributed by atoms with Crippen LogP contribution < -0.4 is 15.3 Å². The van der Waals surface area contributed by atoms with Gasteiger partial charge < -0.3 is 14.5 Å². The quantitative estimate of drug-likeness (QED) is 0.707. The second kappa shape index (κ2) is 8.11. The largest absolute Gasteiger partial charge is 0.497 e. The average Bonchev–Trinajstić information content (AvgIpc) is 3.51. The molecule has 170 valence electrons. The van der Waals surface area contributed by atoms with Crippen molar-refractivity contribution >= 4 is 17.5 Å². The van der Waals surface area contributed by atoms with Crippen molar-refractivity contribution in [1.82, 2.24) is 19.2 Å². The van der Waals surface area contributed by atoms with Crippen molar-refractivity contribution in [3.8, 4) is 5.75 Å². The molecule has 32 heavy (non-hydrogen) atoms. The van der Waals surface area contributed by atoms with Crippen LogP contribution in [0.3, 0.4) is 0 Å². The molecule has 0 unspecified atom stereocenters. The van der Waals surface area contributed by atoms with E-state index in [2.05, 4.69) is 5.10 Å². The zero-order chi connectivity index (χ0) is 22.4. The van der Waals surface area contributed by atoms with Gasteiger partial charge in [0.05, 0.1) is 13.0 Å². The van der Waals surface area contributed by atoms with Gasteiger partial charge in [0.15, 0.2) is 0 Å². The zero-order valence-electron chi connectivity index (χ0n) is 18.6. The lowest BCUT2D eigenvalue weighted by Crippen LogP contribution is -2.42. The Morgan fingerprint density at radius 1 is 1.12 bits per heavy atom. The molecule has 2 aromatic rings. The van der Waals surface area contributed by atoms with Gasteiger partial charge in [-0.25, -0.2) is 9.48 Å². The van der Waals surface area contributed by atoms with Crippen LogP contribution in [-0.2, 0) is 16.6 Å². The van der Waals surface area contributed by atoms with Gasteiger partial charge >= 0.3 is 5.69 Å². The summed E-state index contributed by atoms with van der Waals surface area (Å²) in [5, 5.41) is 4.51. The molecule has 2 amide bonds. The zero-order valence-corrected chi connectivity index (χ0v) is 18.6. The highest BCUT2D eigenvalue weighted by Crippen LogP contribution is 2.38. The summed E-state index contributed by atoms with van der Waals surface area (Å²) in [6.45, 7) is 1.65. The van der Waals surface area contributed by atoms with Gasteiger partial charge in [-0.1, -0.05) is 6.07 Å². The fourth-order valence-corrected chi connectivity index (χ4v) is 4.97. The first-order valence-electron chi connectivity index (χ1n) is 11.3. The minimum absolute atomic E-state index is 0.0339. The molecule has 1 aliphatic carbocycles. The first kappa shape index (κ1) is 20.8. The van der Waals surface area contributed by atoms with Gasteiger partial charge in [-0.15, -0.1) is 0 Å². The molecule has 1 aromatic carbocycles. The van der Waals surface area contributed by atoms with E-state index in [0.717, 1.165) is 37.2 Å². The molecule has 9 nitrogen and oxygen atoms in total. The molecule has 3 aliphatic rings. The monoisotopic (exact) mass is 439 g/mol. The van der Waals surface area contributed by atoms with E-state index in [1.807, 2.05) is 33.7 Å². The van der Waals surface area contributed by atoms with E-state index in [9.17, 15) is 14.4 Å². The summed E-state index contributed by atoms with van der Waals surface area (Å²) >= 11 is 0. The number of aryl methyl sites for hydroxylation is 1. The lowest BCUT2D eigenvalue weighted by Gasteiger charge is -2.33. The average molecular weight is 440 g/mol. The summed E-state index contributed by atoms with van der Waals surface area (Å²) in [6, 6.07) is 7.66. The summed E-state index contributed by atoms with van der Waals surface area (Å²) in [7, 11) is 3.30. The molecule has 2 saturated heterocycles. The standard InChI is InChI=1S/C23H29N5O4/c1-25-23(31)28(17-6-7-17)21(24-25)15-8-10-26(11-9-15)22(30)16-12-20(29)27(14-16)18-4-3-5-19(13-18)32-2/h3-5,13,15-17H,6-12,14H2,1-2H3/t16-/m0/s1. The number of ether oxygens (including phenoxy) is 1. The maximum atomic E-state index is 13.2. The number of aromatic nitrogens is 3. The van der Waals surface area contributed by atoms with Gasteiger partial charge in [0, 0.05) is 56.8 Å². The highest BCUT2D eigenvalue weighted by atomic mass is 16.5. The summed E-state index contributed by atoms with van der Waals surface area (Å²) < 4.78 is 8.56. The third-order valence-electron chi connectivity index (χ3n) is 6.91. The predicted molar refractivity (Wildman–Crippen MR) is 118 cm³/mol. The van der Waals surface area contributed by atoms with Crippen molar-refractivity contribution in [3.05, 3.63) is 40.6 Å². The van der Waals surface area contributed by atoms with Crippen LogP contribution in [0.1, 0.15) is 49.9 Å². The van der Waals surface area contributed by atoms with Crippen molar-refractivity contribution in [2.75, 3.05) is 31.6 Å². The van der Waals surface area contributed by atoms with Gasteiger partial charge in [0.1, 0.15) is 11.6 Å². The van der Waals surface area contributed by atoms with E-state index in [0.29, 0.717) is 25.4 Å². The van der Waals surface area contributed by atoms with E-state index in [1.165, 1.54) is 4.68 Å². The molecular weight excluding hydrogens is 410 g/mol. The van der Waals surface area contributed by atoms with Crippen LogP contribution in [0.4, 0.5) is 5.69 Å². The molecule has 0 radical (unpaired) electrons. The van der Waals surface area contributed by atoms with Crippen LogP contribution in [0.15, 0.2) is 29.1 Å². The molecule has 0 bridgehead atoms. The molecular formula is C23H29N5O4. The van der Waals surface area contributed by atoms with Crippen molar-refractivity contribution in [1.29, 1.82) is 0 Å². The predicted octanol–water partition coefficient (Wildman–Crippen LogP) is 1.68. The Labute approximate surface area is 186 Å². The minimum Gasteiger partial charge on any atom is -0.497 e. The molecule has 9 heteroatoms. The number of piperidine rings is 1. The maximum Gasteiger partial charge on any atom is 0.345 e. The van der Waals surface area contributed by atoms with E-state index in [-0.39, 0.29) is 41.8 Å². The smallest absolute Gasteiger partial charge is 0.345 e. The molecule has 1 aromatic heterocycles. The number of carbonyl (C=O) groups excluding carboxylic acids is 2. The Morgan fingerprint density at radius 2 is 1.88 bits per heavy atom. The second-order valence-electron chi connectivity index (χ2n) is 9.07. The Balaban J connectivity index is 1.23. The number of benzene rings is 1. The Hall–Kier alpha value is -3.10. The number of likely N-dealkylation sites (tertiary alicyclic amines) is 1. The van der Waals surface area contributed by atoms with Crippen molar-refractivity contribution in [2.24, 2.45) is 13.0 Å². The normalized spacial score (nSPS) is 21.9. The second-order valence-corrected chi connectivity index (χ2v) is 9.07. The summed E-state index contributed by atoms with van der Waals surface area (Å²) in [5.41, 5.74) is 0.722. The van der Waals surface area contributed by atoms with Crippen LogP contribution in [-0.4, -0.2) is 57.8 Å². The highest BCUT2D eigenvalue weighted by molar-refractivity contribution is 6.00. The molecule has 3 heterocycles. The van der Waals surface area contributed by atoms with Crippen molar-refractivity contribution < 1.29 is 14.3 Å². The number of rotatable bonds is 5. The van der Waals surface area contributed by atoms with E-state index in [1.54, 1.807) is 19.1 Å². The molecule has 3 fully saturated rings. The minimum atomic E-state index is -0.329. The lowest BCUT2D eigenvalue weighted by molar-refractivity contribution is -0.136. The fourth-order valence-electron chi connectivity index (χ4n) is 4.97. The molecule has 5 rings (SSSR count). The van der Waals surface area contributed by atoms with E-state index in [4.69, 9.17) is 4.74 Å². The third kappa shape index (κ3) is 3.69. The Kier molecular flexibility index (Phi) is 5.27. The Bertz CT molecular complexity index is 1090. The number of hydrogen-bond donors (Lipinski definition) is 0.